The fraction of sp³-hybridized carbons (Fsp3) is 0.381. The van der Waals surface area contributed by atoms with E-state index in [2.05, 4.69) is 58.2 Å². The lowest BCUT2D eigenvalue weighted by atomic mass is 9.99. The predicted octanol–water partition coefficient (Wildman–Crippen LogP) is 6.79. The van der Waals surface area contributed by atoms with Gasteiger partial charge in [-0.25, -0.2) is 0 Å². The van der Waals surface area contributed by atoms with Crippen LogP contribution in [0.4, 0.5) is 0 Å². The van der Waals surface area contributed by atoms with E-state index in [1.165, 1.54) is 16.7 Å². The summed E-state index contributed by atoms with van der Waals surface area (Å²) >= 11 is 1.83. The van der Waals surface area contributed by atoms with Crippen LogP contribution in [0.15, 0.2) is 76.5 Å². The van der Waals surface area contributed by atoms with E-state index in [1.807, 2.05) is 24.8 Å². The Morgan fingerprint density at radius 3 is 2.65 bits per heavy atom. The van der Waals surface area contributed by atoms with Gasteiger partial charge in [-0.1, -0.05) is 56.9 Å². The summed E-state index contributed by atoms with van der Waals surface area (Å²) < 4.78 is 0. The van der Waals surface area contributed by atoms with E-state index < -0.39 is 0 Å². The molecule has 124 valence electrons. The van der Waals surface area contributed by atoms with Crippen LogP contribution in [0.5, 0.6) is 0 Å². The van der Waals surface area contributed by atoms with Crippen LogP contribution in [0.3, 0.4) is 0 Å². The Morgan fingerprint density at radius 2 is 2.09 bits per heavy atom. The molecule has 23 heavy (non-hydrogen) atoms. The summed E-state index contributed by atoms with van der Waals surface area (Å²) in [5.74, 6) is 0.934. The van der Waals surface area contributed by atoms with Gasteiger partial charge in [0.2, 0.25) is 0 Å². The lowest BCUT2D eigenvalue weighted by molar-refractivity contribution is 1.06. The Morgan fingerprint density at radius 1 is 1.35 bits per heavy atom. The molecule has 1 nitrogen and oxygen atoms in total. The van der Waals surface area contributed by atoms with Crippen LogP contribution >= 0.6 is 11.8 Å². The van der Waals surface area contributed by atoms with Crippen molar-refractivity contribution in [2.75, 3.05) is 5.75 Å². The van der Waals surface area contributed by atoms with E-state index in [0.717, 1.165) is 41.3 Å². The van der Waals surface area contributed by atoms with Gasteiger partial charge in [-0.3, -0.25) is 4.99 Å². The standard InChI is InChI=1S/C21H29NS/c1-7-11-19(10-4)20(16(5)8-2)15-23-21-13-12-18(9-3)14-17(6)22-21/h7,9,11-12,14H,3,5,8,10,13,15H2,1-2,4,6H3/b11-7-,20-19-. The Kier molecular flexibility index (Phi) is 8.71. The topological polar surface area (TPSA) is 12.4 Å². The van der Waals surface area contributed by atoms with E-state index >= 15 is 0 Å². The normalized spacial score (nSPS) is 16.3. The number of rotatable bonds is 7. The van der Waals surface area contributed by atoms with Crippen LogP contribution in [0, 0.1) is 0 Å². The molecule has 1 rings (SSSR count). The second kappa shape index (κ2) is 10.3. The Labute approximate surface area is 146 Å². The summed E-state index contributed by atoms with van der Waals surface area (Å²) in [6, 6.07) is 0. The van der Waals surface area contributed by atoms with Gasteiger partial charge in [-0.15, -0.1) is 11.8 Å². The van der Waals surface area contributed by atoms with Crippen molar-refractivity contribution in [1.29, 1.82) is 0 Å². The van der Waals surface area contributed by atoms with Crippen molar-refractivity contribution in [3.05, 3.63) is 71.5 Å². The molecule has 0 bridgehead atoms. The van der Waals surface area contributed by atoms with Crippen molar-refractivity contribution in [3.63, 3.8) is 0 Å². The minimum absolute atomic E-state index is 0.872. The summed E-state index contributed by atoms with van der Waals surface area (Å²) in [5, 5.41) is 1.16. The maximum atomic E-state index is 4.73. The van der Waals surface area contributed by atoms with Gasteiger partial charge in [-0.2, -0.15) is 0 Å². The molecule has 1 heterocycles. The van der Waals surface area contributed by atoms with Crippen molar-refractivity contribution in [2.24, 2.45) is 4.99 Å². The van der Waals surface area contributed by atoms with Crippen LogP contribution in [0.2, 0.25) is 0 Å². The third-order valence-corrected chi connectivity index (χ3v) is 4.82. The van der Waals surface area contributed by atoms with Gasteiger partial charge in [-0.05, 0) is 49.5 Å². The fourth-order valence-electron chi connectivity index (χ4n) is 2.44. The lowest BCUT2D eigenvalue weighted by Gasteiger charge is -2.14. The first-order valence-corrected chi connectivity index (χ1v) is 9.28. The highest BCUT2D eigenvalue weighted by atomic mass is 32.2. The van der Waals surface area contributed by atoms with Gasteiger partial charge in [0, 0.05) is 17.9 Å². The summed E-state index contributed by atoms with van der Waals surface area (Å²) in [6.45, 7) is 16.6. The zero-order chi connectivity index (χ0) is 17.2. The molecule has 0 saturated carbocycles. The summed E-state index contributed by atoms with van der Waals surface area (Å²) in [6.07, 6.45) is 13.4. The van der Waals surface area contributed by atoms with Gasteiger partial charge in [0.15, 0.2) is 0 Å². The number of thioether (sulfide) groups is 1. The Balaban J connectivity index is 2.96. The number of hydrogen-bond acceptors (Lipinski definition) is 2. The van der Waals surface area contributed by atoms with E-state index in [9.17, 15) is 0 Å². The molecule has 0 aromatic carbocycles. The van der Waals surface area contributed by atoms with Crippen LogP contribution in [0.25, 0.3) is 0 Å². The van der Waals surface area contributed by atoms with Gasteiger partial charge in [0.05, 0.1) is 5.04 Å². The molecule has 0 unspecified atom stereocenters. The fourth-order valence-corrected chi connectivity index (χ4v) is 3.55. The first kappa shape index (κ1) is 19.5. The maximum absolute atomic E-state index is 4.73. The first-order valence-electron chi connectivity index (χ1n) is 8.29. The number of allylic oxidation sites excluding steroid dienone is 9. The third kappa shape index (κ3) is 6.23. The second-order valence-electron chi connectivity index (χ2n) is 5.51. The average Bonchev–Trinajstić information content (AvgIpc) is 2.74. The quantitative estimate of drug-likeness (QED) is 0.469. The zero-order valence-electron chi connectivity index (χ0n) is 15.0. The molecular formula is C21H29NS. The molecule has 0 N–H and O–H groups in total. The van der Waals surface area contributed by atoms with Crippen molar-refractivity contribution >= 4 is 16.8 Å². The molecule has 0 atom stereocenters. The van der Waals surface area contributed by atoms with Crippen molar-refractivity contribution in [2.45, 2.75) is 47.0 Å². The van der Waals surface area contributed by atoms with Crippen molar-refractivity contribution in [3.8, 4) is 0 Å². The average molecular weight is 328 g/mol. The van der Waals surface area contributed by atoms with Gasteiger partial charge < -0.3 is 0 Å². The monoisotopic (exact) mass is 327 g/mol. The van der Waals surface area contributed by atoms with Crippen molar-refractivity contribution in [1.82, 2.24) is 0 Å². The molecular weight excluding hydrogens is 298 g/mol. The van der Waals surface area contributed by atoms with Gasteiger partial charge in [0.25, 0.3) is 0 Å². The minimum atomic E-state index is 0.872. The Bertz CT molecular complexity index is 597. The molecule has 1 aliphatic heterocycles. The smallest absolute Gasteiger partial charge is 0.0775 e. The second-order valence-corrected chi connectivity index (χ2v) is 6.56. The summed E-state index contributed by atoms with van der Waals surface area (Å²) in [4.78, 5) is 4.73. The highest BCUT2D eigenvalue weighted by Gasteiger charge is 2.10. The van der Waals surface area contributed by atoms with Crippen molar-refractivity contribution < 1.29 is 0 Å². The van der Waals surface area contributed by atoms with Crippen LogP contribution in [-0.4, -0.2) is 10.8 Å². The highest BCUT2D eigenvalue weighted by molar-refractivity contribution is 8.14. The van der Waals surface area contributed by atoms with Crippen LogP contribution in [-0.2, 0) is 0 Å². The molecule has 0 fully saturated rings. The van der Waals surface area contributed by atoms with E-state index in [0.29, 0.717) is 0 Å². The molecule has 0 radical (unpaired) electrons. The third-order valence-electron chi connectivity index (χ3n) is 3.80. The molecule has 0 amide bonds. The van der Waals surface area contributed by atoms with E-state index in [-0.39, 0.29) is 0 Å². The van der Waals surface area contributed by atoms with Crippen LogP contribution in [0.1, 0.15) is 47.0 Å². The van der Waals surface area contributed by atoms with Crippen LogP contribution < -0.4 is 0 Å². The summed E-state index contributed by atoms with van der Waals surface area (Å²) in [5.41, 5.74) is 6.19. The number of nitrogens with zero attached hydrogens (tertiary/aromatic N) is 1. The van der Waals surface area contributed by atoms with Gasteiger partial charge in [0.1, 0.15) is 0 Å². The lowest BCUT2D eigenvalue weighted by Crippen LogP contribution is -2.00. The highest BCUT2D eigenvalue weighted by Crippen LogP contribution is 2.27. The molecule has 1 aliphatic rings. The molecule has 0 aliphatic carbocycles. The SMILES string of the molecule is C=CC1=CCC(SC/C(C(=C)CC)=C(/C=C\C)CC)=NC(C)=C1. The Hall–Kier alpha value is -1.54. The number of hydrogen-bond donors (Lipinski definition) is 0. The first-order chi connectivity index (χ1) is 11.0. The molecule has 0 aromatic heterocycles. The zero-order valence-corrected chi connectivity index (χ0v) is 15.8. The van der Waals surface area contributed by atoms with E-state index in [1.54, 1.807) is 0 Å². The van der Waals surface area contributed by atoms with E-state index in [4.69, 9.17) is 4.99 Å². The number of aliphatic imine (C=N–C) groups is 1. The minimum Gasteiger partial charge on any atom is -0.251 e. The maximum Gasteiger partial charge on any atom is 0.0775 e. The molecule has 0 spiro atoms. The summed E-state index contributed by atoms with van der Waals surface area (Å²) in [7, 11) is 0. The molecule has 0 saturated heterocycles. The van der Waals surface area contributed by atoms with Gasteiger partial charge >= 0.3 is 0 Å². The predicted molar refractivity (Wildman–Crippen MR) is 108 cm³/mol. The largest absolute Gasteiger partial charge is 0.251 e. The molecule has 0 aromatic rings. The molecule has 2 heteroatoms.